The molecule has 230 valence electrons. The molecule has 0 bridgehead atoms. The van der Waals surface area contributed by atoms with Crippen LogP contribution in [-0.2, 0) is 25.6 Å². The van der Waals surface area contributed by atoms with Crippen molar-refractivity contribution in [2.24, 2.45) is 0 Å². The smallest absolute Gasteiger partial charge is 0.268 e. The zero-order valence-corrected chi connectivity index (χ0v) is 27.2. The Bertz CT molecular complexity index is 2100. The van der Waals surface area contributed by atoms with Gasteiger partial charge in [0, 0.05) is 46.9 Å². The standard InChI is InChI=1S/C31H32FN5O4S3/c1-20-19-24-22(15-16-33-29(24)37(20)43(38,39)21-11-6-5-7-12-21)28-27(34-30(42-28)31(2,3)4)23-13-10-14-25(26(23)32)35-44(40,41)36-17-8-9-18-36/h5-7,10-16,19,35H,8-9,17-18H2,1-4H3. The highest BCUT2D eigenvalue weighted by atomic mass is 32.2. The van der Waals surface area contributed by atoms with Gasteiger partial charge in [-0.3, -0.25) is 4.72 Å². The number of benzene rings is 2. The molecule has 6 rings (SSSR count). The van der Waals surface area contributed by atoms with Crippen LogP contribution in [0.3, 0.4) is 0 Å². The molecule has 4 heterocycles. The van der Waals surface area contributed by atoms with E-state index in [0.29, 0.717) is 40.3 Å². The van der Waals surface area contributed by atoms with Crippen LogP contribution in [0, 0.1) is 12.7 Å². The summed E-state index contributed by atoms with van der Waals surface area (Å²) < 4.78 is 74.5. The van der Waals surface area contributed by atoms with Crippen LogP contribution in [-0.4, -0.2) is 48.2 Å². The Labute approximate surface area is 260 Å². The number of nitrogens with one attached hydrogen (secondary N) is 1. The fraction of sp³-hybridized carbons (Fsp3) is 0.290. The third-order valence-corrected chi connectivity index (χ3v) is 12.4. The predicted molar refractivity (Wildman–Crippen MR) is 172 cm³/mol. The fourth-order valence-corrected chi connectivity index (χ4v) is 9.33. The molecule has 1 fully saturated rings. The molecule has 0 atom stereocenters. The van der Waals surface area contributed by atoms with Crippen LogP contribution in [0.1, 0.15) is 44.3 Å². The van der Waals surface area contributed by atoms with E-state index in [2.05, 4.69) is 9.71 Å². The molecule has 5 aromatic rings. The molecular formula is C31H32FN5O4S3. The number of pyridine rings is 1. The van der Waals surface area contributed by atoms with E-state index < -0.39 is 26.0 Å². The molecule has 0 amide bonds. The predicted octanol–water partition coefficient (Wildman–Crippen LogP) is 6.56. The molecule has 0 radical (unpaired) electrons. The minimum Gasteiger partial charge on any atom is -0.268 e. The first-order valence-electron chi connectivity index (χ1n) is 14.2. The number of nitrogens with zero attached hydrogens (tertiary/aromatic N) is 4. The molecule has 0 spiro atoms. The summed E-state index contributed by atoms with van der Waals surface area (Å²) in [5.41, 5.74) is 1.28. The maximum absolute atomic E-state index is 16.2. The van der Waals surface area contributed by atoms with Crippen LogP contribution in [0.5, 0.6) is 0 Å². The molecule has 0 unspecified atom stereocenters. The number of anilines is 1. The topological polar surface area (TPSA) is 114 Å². The van der Waals surface area contributed by atoms with Gasteiger partial charge >= 0.3 is 10.2 Å². The Morgan fingerprint density at radius 1 is 0.932 bits per heavy atom. The van der Waals surface area contributed by atoms with Crippen molar-refractivity contribution >= 4 is 48.3 Å². The maximum Gasteiger partial charge on any atom is 0.301 e. The average Bonchev–Trinajstić information content (AvgIpc) is 3.73. The first-order valence-corrected chi connectivity index (χ1v) is 17.8. The summed E-state index contributed by atoms with van der Waals surface area (Å²) >= 11 is 1.39. The van der Waals surface area contributed by atoms with Crippen molar-refractivity contribution in [3.8, 4) is 21.7 Å². The van der Waals surface area contributed by atoms with Crippen molar-refractivity contribution in [3.63, 3.8) is 0 Å². The van der Waals surface area contributed by atoms with Gasteiger partial charge in [-0.05, 0) is 56.2 Å². The van der Waals surface area contributed by atoms with Gasteiger partial charge in [0.1, 0.15) is 0 Å². The average molecular weight is 654 g/mol. The Morgan fingerprint density at radius 2 is 1.64 bits per heavy atom. The molecule has 13 heteroatoms. The van der Waals surface area contributed by atoms with Crippen LogP contribution >= 0.6 is 11.3 Å². The van der Waals surface area contributed by atoms with E-state index in [4.69, 9.17) is 4.98 Å². The number of aromatic nitrogens is 3. The highest BCUT2D eigenvalue weighted by Crippen LogP contribution is 2.45. The van der Waals surface area contributed by atoms with E-state index in [-0.39, 0.29) is 27.2 Å². The second-order valence-corrected chi connectivity index (χ2v) is 16.2. The van der Waals surface area contributed by atoms with Crippen LogP contribution in [0.4, 0.5) is 10.1 Å². The third kappa shape index (κ3) is 5.31. The molecule has 44 heavy (non-hydrogen) atoms. The lowest BCUT2D eigenvalue weighted by atomic mass is 9.98. The van der Waals surface area contributed by atoms with E-state index in [0.717, 1.165) is 17.8 Å². The zero-order chi connectivity index (χ0) is 31.4. The molecule has 1 saturated heterocycles. The summed E-state index contributed by atoms with van der Waals surface area (Å²) in [4.78, 5) is 10.1. The molecule has 3 aromatic heterocycles. The largest absolute Gasteiger partial charge is 0.301 e. The number of aryl methyl sites for hydroxylation is 1. The maximum atomic E-state index is 16.2. The van der Waals surface area contributed by atoms with Crippen LogP contribution in [0.2, 0.25) is 0 Å². The summed E-state index contributed by atoms with van der Waals surface area (Å²) in [5, 5.41) is 1.31. The van der Waals surface area contributed by atoms with Gasteiger partial charge in [0.15, 0.2) is 11.5 Å². The van der Waals surface area contributed by atoms with Crippen molar-refractivity contribution in [3.05, 3.63) is 83.4 Å². The van der Waals surface area contributed by atoms with E-state index >= 15 is 4.39 Å². The zero-order valence-electron chi connectivity index (χ0n) is 24.7. The monoisotopic (exact) mass is 653 g/mol. The number of fused-ring (bicyclic) bond motifs is 1. The van der Waals surface area contributed by atoms with Gasteiger partial charge in [0.2, 0.25) is 0 Å². The van der Waals surface area contributed by atoms with Gasteiger partial charge in [-0.25, -0.2) is 26.7 Å². The minimum atomic E-state index is -3.96. The van der Waals surface area contributed by atoms with Crippen molar-refractivity contribution in [1.82, 2.24) is 18.2 Å². The van der Waals surface area contributed by atoms with Gasteiger partial charge in [-0.2, -0.15) is 12.7 Å². The molecule has 2 aromatic carbocycles. The molecule has 0 aliphatic carbocycles. The number of thiazole rings is 1. The highest BCUT2D eigenvalue weighted by Gasteiger charge is 2.30. The summed E-state index contributed by atoms with van der Waals surface area (Å²) in [6.07, 6.45) is 3.05. The molecule has 1 N–H and O–H groups in total. The summed E-state index contributed by atoms with van der Waals surface area (Å²) in [5.74, 6) is -0.743. The number of halogens is 1. The van der Waals surface area contributed by atoms with E-state index in [1.807, 2.05) is 20.8 Å². The first kappa shape index (κ1) is 30.4. The second-order valence-electron chi connectivity index (χ2n) is 11.8. The molecule has 1 aliphatic heterocycles. The fourth-order valence-electron chi connectivity index (χ4n) is 5.33. The van der Waals surface area contributed by atoms with Crippen molar-refractivity contribution < 1.29 is 21.2 Å². The SMILES string of the molecule is Cc1cc2c(-c3sc(C(C)(C)C)nc3-c3cccc(NS(=O)(=O)N4CCCC4)c3F)ccnc2n1S(=O)(=O)c1ccccc1. The number of hydrogen-bond donors (Lipinski definition) is 1. The highest BCUT2D eigenvalue weighted by molar-refractivity contribution is 7.90. The Kier molecular flexibility index (Phi) is 7.63. The van der Waals surface area contributed by atoms with Crippen LogP contribution in [0.15, 0.2) is 71.8 Å². The van der Waals surface area contributed by atoms with Crippen molar-refractivity contribution in [2.45, 2.75) is 50.8 Å². The van der Waals surface area contributed by atoms with E-state index in [1.54, 1.807) is 49.4 Å². The van der Waals surface area contributed by atoms with Gasteiger partial charge in [-0.1, -0.05) is 45.0 Å². The molecule has 0 saturated carbocycles. The first-order chi connectivity index (χ1) is 20.8. The Morgan fingerprint density at radius 3 is 2.32 bits per heavy atom. The molecule has 1 aliphatic rings. The van der Waals surface area contributed by atoms with Gasteiger partial charge in [0.05, 0.1) is 26.2 Å². The number of hydrogen-bond acceptors (Lipinski definition) is 7. The normalized spacial score (nSPS) is 14.8. The Balaban J connectivity index is 1.53. The van der Waals surface area contributed by atoms with Crippen molar-refractivity contribution in [1.29, 1.82) is 0 Å². The quantitative estimate of drug-likeness (QED) is 0.213. The van der Waals surface area contributed by atoms with Crippen LogP contribution in [0.25, 0.3) is 32.7 Å². The summed E-state index contributed by atoms with van der Waals surface area (Å²) in [6.45, 7) is 8.50. The second kappa shape index (κ2) is 11.1. The molecular weight excluding hydrogens is 622 g/mol. The van der Waals surface area contributed by atoms with E-state index in [9.17, 15) is 16.8 Å². The van der Waals surface area contributed by atoms with Gasteiger partial charge in [-0.15, -0.1) is 11.3 Å². The lowest BCUT2D eigenvalue weighted by Gasteiger charge is -2.18. The lowest BCUT2D eigenvalue weighted by Crippen LogP contribution is -2.33. The van der Waals surface area contributed by atoms with Crippen LogP contribution < -0.4 is 4.72 Å². The number of rotatable bonds is 7. The van der Waals surface area contributed by atoms with E-state index in [1.165, 1.54) is 44.0 Å². The van der Waals surface area contributed by atoms with Gasteiger partial charge < -0.3 is 0 Å². The van der Waals surface area contributed by atoms with Gasteiger partial charge in [0.25, 0.3) is 10.0 Å². The summed E-state index contributed by atoms with van der Waals surface area (Å²) in [7, 11) is -7.88. The minimum absolute atomic E-state index is 0.131. The lowest BCUT2D eigenvalue weighted by molar-refractivity contribution is 0.482. The summed E-state index contributed by atoms with van der Waals surface area (Å²) in [6, 6.07) is 16.2. The molecule has 9 nitrogen and oxygen atoms in total. The third-order valence-electron chi connectivity index (χ3n) is 7.53. The Hall–Kier alpha value is -3.65. The van der Waals surface area contributed by atoms with Crippen molar-refractivity contribution in [2.75, 3.05) is 17.8 Å².